The Morgan fingerprint density at radius 1 is 0.447 bits per heavy atom. The highest BCUT2D eigenvalue weighted by Crippen LogP contribution is 2.24. The van der Waals surface area contributed by atoms with Crippen molar-refractivity contribution in [3.63, 3.8) is 0 Å². The highest BCUT2D eigenvalue weighted by Gasteiger charge is 2.44. The highest BCUT2D eigenvalue weighted by molar-refractivity contribution is 5.80. The minimum absolute atomic E-state index is 0.264. The van der Waals surface area contributed by atoms with Crippen molar-refractivity contribution in [3.05, 3.63) is 12.2 Å². The van der Waals surface area contributed by atoms with Gasteiger partial charge in [-0.25, -0.2) is 0 Å². The number of hydrogen-bond donors (Lipinski definition) is 8. The molecular weight excluding hydrogens is 955 g/mol. The summed E-state index contributed by atoms with van der Waals surface area (Å²) < 4.78 is 11.1. The average Bonchev–Trinajstić information content (AvgIpc) is 3.42. The van der Waals surface area contributed by atoms with Gasteiger partial charge in [-0.05, 0) is 38.5 Å². The minimum Gasteiger partial charge on any atom is -0.394 e. The zero-order valence-electron chi connectivity index (χ0n) is 49.8. The van der Waals surface area contributed by atoms with Crippen molar-refractivity contribution in [1.29, 1.82) is 0 Å². The van der Waals surface area contributed by atoms with Gasteiger partial charge in [0.15, 0.2) is 6.29 Å². The molecule has 1 fully saturated rings. The monoisotopic (exact) mass is 1080 g/mol. The van der Waals surface area contributed by atoms with Crippen LogP contribution in [0, 0.1) is 0 Å². The molecular formula is C65H127NO10. The molecule has 0 saturated carbocycles. The molecule has 1 amide bonds. The first-order valence-corrected chi connectivity index (χ1v) is 33.1. The predicted molar refractivity (Wildman–Crippen MR) is 316 cm³/mol. The van der Waals surface area contributed by atoms with E-state index >= 15 is 0 Å². The number of hydrogen-bond acceptors (Lipinski definition) is 10. The number of allylic oxidation sites excluding steroid dienone is 2. The lowest BCUT2D eigenvalue weighted by molar-refractivity contribution is -0.303. The lowest BCUT2D eigenvalue weighted by atomic mass is 9.98. The molecule has 8 N–H and O–H groups in total. The van der Waals surface area contributed by atoms with Gasteiger partial charge in [-0.1, -0.05) is 302 Å². The maximum absolute atomic E-state index is 13.2. The third kappa shape index (κ3) is 41.8. The second-order valence-electron chi connectivity index (χ2n) is 23.5. The summed E-state index contributed by atoms with van der Waals surface area (Å²) in [5, 5.41) is 76.0. The van der Waals surface area contributed by atoms with Crippen LogP contribution in [0.1, 0.15) is 328 Å². The third-order valence-corrected chi connectivity index (χ3v) is 16.3. The SMILES string of the molecule is CCCCCCCCCCCCCCCCCCCC/C=C\CCCCCCCCCCCCCCCCCCC(O)C(=O)NC(COC1OC(CO)C(O)C(O)C1O)C(O)C(O)CCCCCCCCCCCCC. The largest absolute Gasteiger partial charge is 0.394 e. The van der Waals surface area contributed by atoms with E-state index in [4.69, 9.17) is 9.47 Å². The molecule has 76 heavy (non-hydrogen) atoms. The van der Waals surface area contributed by atoms with Crippen molar-refractivity contribution in [3.8, 4) is 0 Å². The Labute approximate surface area is 468 Å². The molecule has 0 radical (unpaired) electrons. The summed E-state index contributed by atoms with van der Waals surface area (Å²) in [4.78, 5) is 13.2. The normalized spacial score (nSPS) is 19.6. The molecule has 9 atom stereocenters. The number of aliphatic hydroxyl groups is 7. The van der Waals surface area contributed by atoms with Gasteiger partial charge in [0.05, 0.1) is 25.4 Å². The highest BCUT2D eigenvalue weighted by atomic mass is 16.7. The maximum atomic E-state index is 13.2. The van der Waals surface area contributed by atoms with Crippen molar-refractivity contribution >= 4 is 5.91 Å². The van der Waals surface area contributed by atoms with Gasteiger partial charge in [-0.15, -0.1) is 0 Å². The number of rotatable bonds is 58. The first-order valence-electron chi connectivity index (χ1n) is 33.1. The van der Waals surface area contributed by atoms with Crippen molar-refractivity contribution in [2.75, 3.05) is 13.2 Å². The standard InChI is InChI=1S/C65H127NO10/c1-3-5-7-9-11-13-15-16-17-18-19-20-21-22-23-24-25-26-27-28-29-30-31-32-33-34-35-36-37-38-39-40-41-43-45-47-49-51-53-58(69)64(74)66-56(55-75-65-63(73)62(72)61(71)59(54-67)76-65)60(70)57(68)52-50-48-46-44-42-14-12-10-8-6-4-2/h28-29,56-63,65,67-73H,3-27,30-55H2,1-2H3,(H,66,74)/b29-28-. The number of unbranched alkanes of at least 4 members (excludes halogenated alkanes) is 44. The summed E-state index contributed by atoms with van der Waals surface area (Å²) in [7, 11) is 0. The summed E-state index contributed by atoms with van der Waals surface area (Å²) in [6, 6.07) is -1.16. The number of carbonyl (C=O) groups excluding carboxylic acids is 1. The van der Waals surface area contributed by atoms with Gasteiger partial charge < -0.3 is 50.5 Å². The summed E-state index contributed by atoms with van der Waals surface area (Å²) in [6.07, 6.45) is 54.7. The molecule has 0 aromatic rings. The molecule has 1 heterocycles. The van der Waals surface area contributed by atoms with Crippen LogP contribution < -0.4 is 5.32 Å². The topological polar surface area (TPSA) is 189 Å². The molecule has 0 aromatic carbocycles. The number of ether oxygens (including phenoxy) is 2. The summed E-state index contributed by atoms with van der Waals surface area (Å²) in [5.74, 6) is -0.692. The molecule has 0 aromatic heterocycles. The molecule has 1 aliphatic heterocycles. The van der Waals surface area contributed by atoms with Gasteiger partial charge >= 0.3 is 0 Å². The van der Waals surface area contributed by atoms with Crippen LogP contribution in [0.2, 0.25) is 0 Å². The minimum atomic E-state index is -1.66. The Morgan fingerprint density at radius 3 is 1.11 bits per heavy atom. The molecule has 0 spiro atoms. The van der Waals surface area contributed by atoms with Gasteiger partial charge in [-0.2, -0.15) is 0 Å². The quantitative estimate of drug-likeness (QED) is 0.0215. The second kappa shape index (κ2) is 54.4. The van der Waals surface area contributed by atoms with Crippen LogP contribution in [0.15, 0.2) is 12.2 Å². The molecule has 11 heteroatoms. The van der Waals surface area contributed by atoms with Crippen LogP contribution in [0.3, 0.4) is 0 Å². The van der Waals surface area contributed by atoms with Crippen molar-refractivity contribution in [2.24, 2.45) is 0 Å². The van der Waals surface area contributed by atoms with E-state index in [0.717, 1.165) is 38.5 Å². The van der Waals surface area contributed by atoms with E-state index in [1.54, 1.807) is 0 Å². The van der Waals surface area contributed by atoms with E-state index in [1.165, 1.54) is 250 Å². The van der Waals surface area contributed by atoms with Gasteiger partial charge in [0.1, 0.15) is 36.6 Å². The molecule has 1 saturated heterocycles. The Morgan fingerprint density at radius 2 is 0.763 bits per heavy atom. The van der Waals surface area contributed by atoms with Crippen molar-refractivity contribution in [1.82, 2.24) is 5.32 Å². The van der Waals surface area contributed by atoms with Crippen molar-refractivity contribution < 1.29 is 50.0 Å². The van der Waals surface area contributed by atoms with Crippen LogP contribution in [0.4, 0.5) is 0 Å². The maximum Gasteiger partial charge on any atom is 0.249 e. The van der Waals surface area contributed by atoms with Gasteiger partial charge in [-0.3, -0.25) is 4.79 Å². The van der Waals surface area contributed by atoms with E-state index < -0.39 is 74.2 Å². The molecule has 11 nitrogen and oxygen atoms in total. The smallest absolute Gasteiger partial charge is 0.249 e. The van der Waals surface area contributed by atoms with Crippen LogP contribution in [0.25, 0.3) is 0 Å². The van der Waals surface area contributed by atoms with E-state index in [1.807, 2.05) is 0 Å². The fraction of sp³-hybridized carbons (Fsp3) is 0.954. The van der Waals surface area contributed by atoms with E-state index in [0.29, 0.717) is 19.3 Å². The van der Waals surface area contributed by atoms with E-state index in [2.05, 4.69) is 31.3 Å². The zero-order valence-corrected chi connectivity index (χ0v) is 49.8. The molecule has 452 valence electrons. The van der Waals surface area contributed by atoms with Gasteiger partial charge in [0.25, 0.3) is 0 Å². The van der Waals surface area contributed by atoms with Crippen LogP contribution >= 0.6 is 0 Å². The summed E-state index contributed by atoms with van der Waals surface area (Å²) in [5.41, 5.74) is 0. The van der Waals surface area contributed by atoms with Crippen LogP contribution in [-0.2, 0) is 14.3 Å². The Balaban J connectivity index is 2.07. The first-order chi connectivity index (χ1) is 37.2. The molecule has 1 aliphatic rings. The van der Waals surface area contributed by atoms with E-state index in [9.17, 15) is 40.5 Å². The number of nitrogens with one attached hydrogen (secondary N) is 1. The molecule has 0 aliphatic carbocycles. The third-order valence-electron chi connectivity index (χ3n) is 16.3. The predicted octanol–water partition coefficient (Wildman–Crippen LogP) is 15.1. The average molecular weight is 1080 g/mol. The molecule has 1 rings (SSSR count). The zero-order chi connectivity index (χ0) is 55.4. The van der Waals surface area contributed by atoms with E-state index in [-0.39, 0.29) is 6.42 Å². The first kappa shape index (κ1) is 72.9. The Hall–Kier alpha value is -1.15. The summed E-state index contributed by atoms with van der Waals surface area (Å²) >= 11 is 0. The number of carbonyl (C=O) groups is 1. The van der Waals surface area contributed by atoms with Crippen molar-refractivity contribution in [2.45, 2.75) is 384 Å². The van der Waals surface area contributed by atoms with Crippen LogP contribution in [-0.4, -0.2) is 110 Å². The van der Waals surface area contributed by atoms with Gasteiger partial charge in [0, 0.05) is 0 Å². The lowest BCUT2D eigenvalue weighted by Crippen LogP contribution is -2.60. The van der Waals surface area contributed by atoms with Crippen LogP contribution in [0.5, 0.6) is 0 Å². The Kier molecular flexibility index (Phi) is 52.2. The Bertz CT molecular complexity index is 1240. The molecule has 0 bridgehead atoms. The number of aliphatic hydroxyl groups excluding tert-OH is 7. The summed E-state index contributed by atoms with van der Waals surface area (Å²) in [6.45, 7) is 3.47. The fourth-order valence-electron chi connectivity index (χ4n) is 11.0. The number of amides is 1. The lowest BCUT2D eigenvalue weighted by Gasteiger charge is -2.40. The second-order valence-corrected chi connectivity index (χ2v) is 23.5. The fourth-order valence-corrected chi connectivity index (χ4v) is 11.0. The van der Waals surface area contributed by atoms with Gasteiger partial charge in [0.2, 0.25) is 5.91 Å². The molecule has 9 unspecified atom stereocenters.